The average molecular weight is 472 g/mol. The molecule has 0 saturated carbocycles. The highest BCUT2D eigenvalue weighted by atomic mass is 16.5. The first-order valence-corrected chi connectivity index (χ1v) is 11.8. The van der Waals surface area contributed by atoms with Gasteiger partial charge in [0.25, 0.3) is 5.89 Å². The number of benzene rings is 1. The molecular weight excluding hydrogens is 442 g/mol. The second kappa shape index (κ2) is 9.42. The van der Waals surface area contributed by atoms with Gasteiger partial charge in [-0.25, -0.2) is 15.0 Å². The molecule has 180 valence electrons. The van der Waals surface area contributed by atoms with Crippen LogP contribution < -0.4 is 10.6 Å². The van der Waals surface area contributed by atoms with Crippen molar-refractivity contribution in [3.8, 4) is 22.6 Å². The monoisotopic (exact) mass is 471 g/mol. The Morgan fingerprint density at radius 2 is 1.54 bits per heavy atom. The van der Waals surface area contributed by atoms with Crippen molar-refractivity contribution in [3.05, 3.63) is 66.4 Å². The van der Waals surface area contributed by atoms with Gasteiger partial charge in [-0.1, -0.05) is 43.3 Å². The number of hydrogen-bond acceptors (Lipinski definition) is 9. The Kier molecular flexibility index (Phi) is 6.17. The third-order valence-electron chi connectivity index (χ3n) is 6.86. The number of hydrogen-bond donors (Lipinski definition) is 1. The van der Waals surface area contributed by atoms with E-state index in [-0.39, 0.29) is 11.9 Å². The summed E-state index contributed by atoms with van der Waals surface area (Å²) >= 11 is 0. The summed E-state index contributed by atoms with van der Waals surface area (Å²) in [6.07, 6.45) is 5.24. The van der Waals surface area contributed by atoms with Gasteiger partial charge in [0.2, 0.25) is 5.95 Å². The third-order valence-corrected chi connectivity index (χ3v) is 6.86. The lowest BCUT2D eigenvalue weighted by atomic mass is 9.72. The van der Waals surface area contributed by atoms with Gasteiger partial charge in [0.15, 0.2) is 5.82 Å². The molecule has 3 aromatic heterocycles. The van der Waals surface area contributed by atoms with Crippen molar-refractivity contribution in [1.82, 2.24) is 25.1 Å². The van der Waals surface area contributed by atoms with E-state index in [0.717, 1.165) is 54.4 Å². The van der Waals surface area contributed by atoms with E-state index in [1.54, 1.807) is 18.6 Å². The van der Waals surface area contributed by atoms with Gasteiger partial charge in [0.05, 0.1) is 24.2 Å². The third kappa shape index (κ3) is 4.46. The smallest absolute Gasteiger partial charge is 0.259 e. The van der Waals surface area contributed by atoms with Crippen molar-refractivity contribution in [2.24, 2.45) is 5.92 Å². The minimum Gasteiger partial charge on any atom is -0.378 e. The Labute approximate surface area is 204 Å². The van der Waals surface area contributed by atoms with Crippen LogP contribution in [-0.4, -0.2) is 51.4 Å². The lowest BCUT2D eigenvalue weighted by molar-refractivity contribution is 0.122. The summed E-state index contributed by atoms with van der Waals surface area (Å²) in [4.78, 5) is 19.8. The molecule has 4 aromatic rings. The molecule has 1 atom stereocenters. The minimum atomic E-state index is -0.445. The Balaban J connectivity index is 1.40. The lowest BCUT2D eigenvalue weighted by Gasteiger charge is -2.31. The number of ether oxygens (including phenoxy) is 1. The van der Waals surface area contributed by atoms with Crippen LogP contribution in [0.5, 0.6) is 0 Å². The van der Waals surface area contributed by atoms with Crippen molar-refractivity contribution in [2.45, 2.75) is 26.2 Å². The molecule has 2 N–H and O–H groups in total. The van der Waals surface area contributed by atoms with Crippen LogP contribution in [0.4, 0.5) is 11.8 Å². The maximum Gasteiger partial charge on any atom is 0.259 e. The summed E-state index contributed by atoms with van der Waals surface area (Å²) in [5.41, 5.74) is 8.99. The van der Waals surface area contributed by atoms with Gasteiger partial charge in [-0.3, -0.25) is 0 Å². The number of morpholine rings is 1. The summed E-state index contributed by atoms with van der Waals surface area (Å²) in [7, 11) is 0. The highest BCUT2D eigenvalue weighted by Crippen LogP contribution is 2.39. The van der Waals surface area contributed by atoms with Gasteiger partial charge < -0.3 is 19.9 Å². The van der Waals surface area contributed by atoms with Crippen LogP contribution in [0.25, 0.3) is 22.6 Å². The normalized spacial score (nSPS) is 15.8. The molecule has 1 aliphatic rings. The van der Waals surface area contributed by atoms with Crippen LogP contribution in [0.1, 0.15) is 32.2 Å². The van der Waals surface area contributed by atoms with E-state index in [1.807, 2.05) is 12.1 Å². The zero-order chi connectivity index (χ0) is 24.4. The van der Waals surface area contributed by atoms with Crippen molar-refractivity contribution in [1.29, 1.82) is 0 Å². The van der Waals surface area contributed by atoms with Gasteiger partial charge in [-0.2, -0.15) is 4.98 Å². The number of rotatable bonds is 6. The molecule has 0 aliphatic carbocycles. The predicted molar refractivity (Wildman–Crippen MR) is 134 cm³/mol. The average Bonchev–Trinajstić information content (AvgIpc) is 3.40. The molecular formula is C26H29N7O2. The maximum atomic E-state index is 5.70. The zero-order valence-corrected chi connectivity index (χ0v) is 20.2. The molecule has 1 aliphatic heterocycles. The molecule has 0 radical (unpaired) electrons. The van der Waals surface area contributed by atoms with Crippen LogP contribution >= 0.6 is 0 Å². The zero-order valence-electron chi connectivity index (χ0n) is 20.2. The van der Waals surface area contributed by atoms with Crippen molar-refractivity contribution < 1.29 is 9.26 Å². The fraction of sp³-hybridized carbons (Fsp3) is 0.346. The number of anilines is 2. The molecule has 0 amide bonds. The SMILES string of the molecule is CC(C)C(C)(c1ccc(-c2cnc(N)nc2)cc1)c1noc(-c2ccc(N3CCOCC3)nc2)n1. The number of nitrogens with zero attached hydrogens (tertiary/aromatic N) is 6. The summed E-state index contributed by atoms with van der Waals surface area (Å²) in [5.74, 6) is 2.51. The quantitative estimate of drug-likeness (QED) is 0.446. The highest BCUT2D eigenvalue weighted by molar-refractivity contribution is 5.63. The fourth-order valence-corrected chi connectivity index (χ4v) is 4.26. The first-order chi connectivity index (χ1) is 16.9. The van der Waals surface area contributed by atoms with Crippen LogP contribution in [0.3, 0.4) is 0 Å². The van der Waals surface area contributed by atoms with E-state index in [2.05, 4.69) is 70.0 Å². The standard InChI is InChI=1S/C26H29N7O2/c1-17(2)26(3,21-7-4-18(5-8-21)20-15-29-25(27)30-16-20)24-31-23(35-32-24)19-6-9-22(28-14-19)33-10-12-34-13-11-33/h4-9,14-17H,10-13H2,1-3H3,(H2,27,29,30). The number of nitrogens with two attached hydrogens (primary N) is 1. The van der Waals surface area contributed by atoms with E-state index in [1.165, 1.54) is 0 Å². The molecule has 1 fully saturated rings. The van der Waals surface area contributed by atoms with Crippen molar-refractivity contribution in [3.63, 3.8) is 0 Å². The molecule has 0 bridgehead atoms. The molecule has 5 rings (SSSR count). The van der Waals surface area contributed by atoms with E-state index in [9.17, 15) is 0 Å². The molecule has 1 saturated heterocycles. The Morgan fingerprint density at radius 3 is 2.17 bits per heavy atom. The van der Waals surface area contributed by atoms with E-state index < -0.39 is 5.41 Å². The minimum absolute atomic E-state index is 0.223. The van der Waals surface area contributed by atoms with E-state index in [4.69, 9.17) is 20.0 Å². The van der Waals surface area contributed by atoms with Crippen LogP contribution in [0.2, 0.25) is 0 Å². The highest BCUT2D eigenvalue weighted by Gasteiger charge is 2.37. The second-order valence-electron chi connectivity index (χ2n) is 9.19. The van der Waals surface area contributed by atoms with Gasteiger partial charge in [0.1, 0.15) is 5.82 Å². The summed E-state index contributed by atoms with van der Waals surface area (Å²) < 4.78 is 11.1. The van der Waals surface area contributed by atoms with Gasteiger partial charge in [-0.15, -0.1) is 0 Å². The second-order valence-corrected chi connectivity index (χ2v) is 9.19. The number of aromatic nitrogens is 5. The largest absolute Gasteiger partial charge is 0.378 e. The fourth-order valence-electron chi connectivity index (χ4n) is 4.26. The Hall–Kier alpha value is -3.85. The summed E-state index contributed by atoms with van der Waals surface area (Å²) in [6, 6.07) is 12.3. The van der Waals surface area contributed by atoms with E-state index >= 15 is 0 Å². The van der Waals surface area contributed by atoms with Crippen molar-refractivity contribution in [2.75, 3.05) is 36.9 Å². The Bertz CT molecular complexity index is 1260. The van der Waals surface area contributed by atoms with Crippen LogP contribution in [0.15, 0.2) is 59.5 Å². The maximum absolute atomic E-state index is 5.70. The van der Waals surface area contributed by atoms with E-state index in [0.29, 0.717) is 11.7 Å². The number of pyridine rings is 1. The first kappa shape index (κ1) is 22.9. The first-order valence-electron chi connectivity index (χ1n) is 11.8. The van der Waals surface area contributed by atoms with Crippen molar-refractivity contribution >= 4 is 11.8 Å². The number of nitrogen functional groups attached to an aromatic ring is 1. The molecule has 0 spiro atoms. The molecule has 9 nitrogen and oxygen atoms in total. The van der Waals surface area contributed by atoms with Gasteiger partial charge in [-0.05, 0) is 36.1 Å². The summed E-state index contributed by atoms with van der Waals surface area (Å²) in [5, 5.41) is 4.39. The Morgan fingerprint density at radius 1 is 0.886 bits per heavy atom. The summed E-state index contributed by atoms with van der Waals surface area (Å²) in [6.45, 7) is 9.60. The van der Waals surface area contributed by atoms with Crippen LogP contribution in [0, 0.1) is 5.92 Å². The molecule has 9 heteroatoms. The topological polar surface area (TPSA) is 116 Å². The van der Waals surface area contributed by atoms with Crippen LogP contribution in [-0.2, 0) is 10.2 Å². The van der Waals surface area contributed by atoms with Gasteiger partial charge in [0, 0.05) is 37.2 Å². The molecule has 35 heavy (non-hydrogen) atoms. The van der Waals surface area contributed by atoms with Gasteiger partial charge >= 0.3 is 0 Å². The molecule has 1 aromatic carbocycles. The lowest BCUT2D eigenvalue weighted by Crippen LogP contribution is -2.36. The molecule has 1 unspecified atom stereocenters. The predicted octanol–water partition coefficient (Wildman–Crippen LogP) is 3.97. The molecule has 4 heterocycles.